The van der Waals surface area contributed by atoms with Crippen LogP contribution in [0.3, 0.4) is 0 Å². The molecular formula is C17H18N2O3S2. The van der Waals surface area contributed by atoms with Crippen molar-refractivity contribution in [1.29, 1.82) is 0 Å². The summed E-state index contributed by atoms with van der Waals surface area (Å²) in [4.78, 5) is 16.5. The largest absolute Gasteiger partial charge is 0.302 e. The highest BCUT2D eigenvalue weighted by Gasteiger charge is 2.24. The van der Waals surface area contributed by atoms with Gasteiger partial charge in [-0.25, -0.2) is 13.4 Å². The zero-order chi connectivity index (χ0) is 17.3. The second-order valence-electron chi connectivity index (χ2n) is 6.01. The van der Waals surface area contributed by atoms with Crippen molar-refractivity contribution in [3.63, 3.8) is 0 Å². The molecule has 1 aromatic carbocycles. The maximum atomic E-state index is 12.1. The molecule has 24 heavy (non-hydrogen) atoms. The molecule has 0 bridgehead atoms. The average molecular weight is 362 g/mol. The van der Waals surface area contributed by atoms with Gasteiger partial charge in [-0.1, -0.05) is 18.2 Å². The van der Waals surface area contributed by atoms with Gasteiger partial charge in [-0.15, -0.1) is 11.3 Å². The standard InChI is InChI=1S/C17H18N2O3S2/c1-11-3-4-14(7-12(11)2)15-9-23-17(18-15)19-16(20)8-13-5-6-24(21,22)10-13/h3-7,9,13H,8,10H2,1-2H3,(H,18,19,20). The second kappa shape index (κ2) is 6.49. The van der Waals surface area contributed by atoms with E-state index in [0.29, 0.717) is 5.13 Å². The Hall–Kier alpha value is -1.99. The number of rotatable bonds is 4. The number of hydrogen-bond donors (Lipinski definition) is 1. The number of carbonyl (C=O) groups excluding carboxylic acids is 1. The number of hydrogen-bond acceptors (Lipinski definition) is 5. The number of allylic oxidation sites excluding steroid dienone is 1. The number of nitrogens with one attached hydrogen (secondary N) is 1. The van der Waals surface area contributed by atoms with E-state index >= 15 is 0 Å². The van der Waals surface area contributed by atoms with Crippen LogP contribution in [0.25, 0.3) is 11.3 Å². The molecule has 0 spiro atoms. The topological polar surface area (TPSA) is 76.1 Å². The zero-order valence-electron chi connectivity index (χ0n) is 13.4. The van der Waals surface area contributed by atoms with Crippen LogP contribution in [0.5, 0.6) is 0 Å². The predicted molar refractivity (Wildman–Crippen MR) is 96.7 cm³/mol. The number of nitrogens with zero attached hydrogens (tertiary/aromatic N) is 1. The number of anilines is 1. The van der Waals surface area contributed by atoms with Crippen LogP contribution in [0.1, 0.15) is 17.5 Å². The smallest absolute Gasteiger partial charge is 0.226 e. The summed E-state index contributed by atoms with van der Waals surface area (Å²) in [7, 11) is -3.13. The van der Waals surface area contributed by atoms with Gasteiger partial charge in [0, 0.05) is 28.7 Å². The number of sulfone groups is 1. The summed E-state index contributed by atoms with van der Waals surface area (Å²) < 4.78 is 22.7. The maximum Gasteiger partial charge on any atom is 0.226 e. The second-order valence-corrected chi connectivity index (χ2v) is 8.80. The van der Waals surface area contributed by atoms with Crippen molar-refractivity contribution in [1.82, 2.24) is 4.98 Å². The third-order valence-electron chi connectivity index (χ3n) is 4.01. The van der Waals surface area contributed by atoms with Gasteiger partial charge in [0.25, 0.3) is 0 Å². The first-order valence-electron chi connectivity index (χ1n) is 7.56. The number of benzene rings is 1. The fourth-order valence-corrected chi connectivity index (χ4v) is 4.67. The van der Waals surface area contributed by atoms with E-state index in [2.05, 4.69) is 36.3 Å². The number of carbonyl (C=O) groups is 1. The molecule has 3 rings (SSSR count). The fraction of sp³-hybridized carbons (Fsp3) is 0.294. The Kier molecular flexibility index (Phi) is 4.56. The molecule has 1 amide bonds. The van der Waals surface area contributed by atoms with E-state index in [-0.39, 0.29) is 24.0 Å². The molecule has 0 aliphatic carbocycles. The van der Waals surface area contributed by atoms with Gasteiger partial charge in [-0.05, 0) is 31.0 Å². The van der Waals surface area contributed by atoms with Gasteiger partial charge in [0.05, 0.1) is 11.4 Å². The molecule has 1 aromatic heterocycles. The van der Waals surface area contributed by atoms with Crippen LogP contribution in [-0.2, 0) is 14.6 Å². The van der Waals surface area contributed by atoms with E-state index < -0.39 is 9.84 Å². The third-order valence-corrected chi connectivity index (χ3v) is 6.23. The first-order chi connectivity index (χ1) is 11.3. The Labute approximate surface area is 145 Å². The van der Waals surface area contributed by atoms with Gasteiger partial charge in [0.1, 0.15) is 0 Å². The lowest BCUT2D eigenvalue weighted by atomic mass is 10.1. The Bertz CT molecular complexity index is 914. The monoisotopic (exact) mass is 362 g/mol. The quantitative estimate of drug-likeness (QED) is 0.905. The van der Waals surface area contributed by atoms with Gasteiger partial charge in [-0.2, -0.15) is 0 Å². The molecule has 126 valence electrons. The number of thiazole rings is 1. The summed E-state index contributed by atoms with van der Waals surface area (Å²) in [6, 6.07) is 6.14. The molecular weight excluding hydrogens is 344 g/mol. The van der Waals surface area contributed by atoms with E-state index in [1.54, 1.807) is 6.08 Å². The summed E-state index contributed by atoms with van der Waals surface area (Å²) in [5.74, 6) is -0.469. The summed E-state index contributed by atoms with van der Waals surface area (Å²) in [5, 5.41) is 6.37. The summed E-state index contributed by atoms with van der Waals surface area (Å²) >= 11 is 1.36. The summed E-state index contributed by atoms with van der Waals surface area (Å²) in [5.41, 5.74) is 4.25. The van der Waals surface area contributed by atoms with E-state index in [4.69, 9.17) is 0 Å². The van der Waals surface area contributed by atoms with Gasteiger partial charge in [-0.3, -0.25) is 4.79 Å². The molecule has 0 saturated carbocycles. The molecule has 1 unspecified atom stereocenters. The van der Waals surface area contributed by atoms with Crippen molar-refractivity contribution in [3.8, 4) is 11.3 Å². The van der Waals surface area contributed by atoms with Crippen LogP contribution in [0.15, 0.2) is 35.1 Å². The number of aryl methyl sites for hydroxylation is 2. The zero-order valence-corrected chi connectivity index (χ0v) is 15.1. The molecule has 7 heteroatoms. The van der Waals surface area contributed by atoms with E-state index in [9.17, 15) is 13.2 Å². The van der Waals surface area contributed by atoms with Crippen LogP contribution < -0.4 is 5.32 Å². The minimum atomic E-state index is -3.13. The van der Waals surface area contributed by atoms with Gasteiger partial charge >= 0.3 is 0 Å². The van der Waals surface area contributed by atoms with Crippen molar-refractivity contribution < 1.29 is 13.2 Å². The highest BCUT2D eigenvalue weighted by atomic mass is 32.2. The van der Waals surface area contributed by atoms with Crippen molar-refractivity contribution in [2.75, 3.05) is 11.1 Å². The Morgan fingerprint density at radius 3 is 2.79 bits per heavy atom. The molecule has 1 aliphatic heterocycles. The Morgan fingerprint density at radius 2 is 2.12 bits per heavy atom. The number of aromatic nitrogens is 1. The van der Waals surface area contributed by atoms with E-state index in [1.807, 2.05) is 11.4 Å². The van der Waals surface area contributed by atoms with Crippen molar-refractivity contribution in [2.45, 2.75) is 20.3 Å². The first kappa shape index (κ1) is 16.9. The average Bonchev–Trinajstić information content (AvgIpc) is 3.08. The van der Waals surface area contributed by atoms with Gasteiger partial charge in [0.2, 0.25) is 5.91 Å². The fourth-order valence-electron chi connectivity index (χ4n) is 2.54. The molecule has 1 N–H and O–H groups in total. The molecule has 5 nitrogen and oxygen atoms in total. The van der Waals surface area contributed by atoms with Gasteiger partial charge in [0.15, 0.2) is 15.0 Å². The van der Waals surface area contributed by atoms with Crippen LogP contribution in [-0.4, -0.2) is 25.1 Å². The molecule has 2 heterocycles. The third kappa shape index (κ3) is 3.91. The highest BCUT2D eigenvalue weighted by molar-refractivity contribution is 7.94. The van der Waals surface area contributed by atoms with Crippen molar-refractivity contribution >= 4 is 32.2 Å². The summed E-state index contributed by atoms with van der Waals surface area (Å²) in [6.45, 7) is 4.11. The molecule has 0 radical (unpaired) electrons. The van der Waals surface area contributed by atoms with E-state index in [0.717, 1.165) is 11.3 Å². The van der Waals surface area contributed by atoms with Crippen LogP contribution in [0, 0.1) is 19.8 Å². The summed E-state index contributed by atoms with van der Waals surface area (Å²) in [6.07, 6.45) is 1.73. The van der Waals surface area contributed by atoms with Crippen LogP contribution in [0.2, 0.25) is 0 Å². The van der Waals surface area contributed by atoms with Crippen molar-refractivity contribution in [3.05, 3.63) is 46.2 Å². The molecule has 2 aromatic rings. The molecule has 0 fully saturated rings. The minimum Gasteiger partial charge on any atom is -0.302 e. The Morgan fingerprint density at radius 1 is 1.33 bits per heavy atom. The first-order valence-corrected chi connectivity index (χ1v) is 10.2. The van der Waals surface area contributed by atoms with Gasteiger partial charge < -0.3 is 5.32 Å². The van der Waals surface area contributed by atoms with E-state index in [1.165, 1.54) is 27.9 Å². The molecule has 1 atom stereocenters. The SMILES string of the molecule is Cc1ccc(-c2csc(NC(=O)CC3C=CS(=O)(=O)C3)n2)cc1C. The normalized spacial score (nSPS) is 18.7. The predicted octanol–water partition coefficient (Wildman–Crippen LogP) is 3.31. The highest BCUT2D eigenvalue weighted by Crippen LogP contribution is 2.27. The maximum absolute atomic E-state index is 12.1. The Balaban J connectivity index is 1.64. The molecule has 1 aliphatic rings. The molecule has 0 saturated heterocycles. The minimum absolute atomic E-state index is 0.00613. The lowest BCUT2D eigenvalue weighted by Gasteiger charge is -2.06. The van der Waals surface area contributed by atoms with Crippen molar-refractivity contribution in [2.24, 2.45) is 5.92 Å². The van der Waals surface area contributed by atoms with Crippen LogP contribution >= 0.6 is 11.3 Å². The number of amides is 1. The van der Waals surface area contributed by atoms with Crippen LogP contribution in [0.4, 0.5) is 5.13 Å². The lowest BCUT2D eigenvalue weighted by molar-refractivity contribution is -0.116. The lowest BCUT2D eigenvalue weighted by Crippen LogP contribution is -2.17.